The number of hydrogen-bond acceptors (Lipinski definition) is 4. The van der Waals surface area contributed by atoms with Gasteiger partial charge in [0.15, 0.2) is 0 Å². The van der Waals surface area contributed by atoms with Crippen LogP contribution >= 0.6 is 0 Å². The van der Waals surface area contributed by atoms with Gasteiger partial charge in [-0.05, 0) is 57.9 Å². The van der Waals surface area contributed by atoms with E-state index in [1.807, 2.05) is 20.8 Å². The number of ether oxygens (including phenoxy) is 1. The van der Waals surface area contributed by atoms with E-state index < -0.39 is 10.0 Å². The minimum Gasteiger partial charge on any atom is -0.491 e. The van der Waals surface area contributed by atoms with E-state index in [0.717, 1.165) is 0 Å². The maximum Gasteiger partial charge on any atom is 0.243 e. The maximum atomic E-state index is 12.7. The fourth-order valence-corrected chi connectivity index (χ4v) is 4.30. The van der Waals surface area contributed by atoms with Crippen LogP contribution in [-0.4, -0.2) is 37.5 Å². The molecule has 0 bridgehead atoms. The average Bonchev–Trinajstić information content (AvgIpc) is 2.38. The maximum absolute atomic E-state index is 12.7. The average molecular weight is 312 g/mol. The largest absolute Gasteiger partial charge is 0.491 e. The normalized spacial score (nSPS) is 24.2. The monoisotopic (exact) mass is 312 g/mol. The van der Waals surface area contributed by atoms with Crippen LogP contribution in [0.15, 0.2) is 29.2 Å². The second-order valence-electron chi connectivity index (χ2n) is 5.89. The number of sulfonamides is 1. The Morgan fingerprint density at radius 3 is 2.43 bits per heavy atom. The lowest BCUT2D eigenvalue weighted by atomic mass is 10.0. The van der Waals surface area contributed by atoms with Gasteiger partial charge in [-0.25, -0.2) is 8.42 Å². The number of hydrogen-bond donors (Lipinski definition) is 1. The van der Waals surface area contributed by atoms with Crippen LogP contribution in [0.2, 0.25) is 0 Å². The number of piperidine rings is 1. The van der Waals surface area contributed by atoms with E-state index in [-0.39, 0.29) is 18.2 Å². The van der Waals surface area contributed by atoms with Crippen molar-refractivity contribution in [3.05, 3.63) is 24.3 Å². The first-order valence-electron chi connectivity index (χ1n) is 7.35. The summed E-state index contributed by atoms with van der Waals surface area (Å²) >= 11 is 0. The van der Waals surface area contributed by atoms with Crippen LogP contribution in [0.5, 0.6) is 5.75 Å². The van der Waals surface area contributed by atoms with E-state index in [1.54, 1.807) is 28.6 Å². The zero-order chi connectivity index (χ0) is 15.6. The highest BCUT2D eigenvalue weighted by Gasteiger charge is 2.33. The van der Waals surface area contributed by atoms with Crippen LogP contribution < -0.4 is 10.5 Å². The summed E-state index contributed by atoms with van der Waals surface area (Å²) in [7, 11) is -3.46. The van der Waals surface area contributed by atoms with Gasteiger partial charge in [-0.2, -0.15) is 4.31 Å². The first kappa shape index (κ1) is 16.3. The summed E-state index contributed by atoms with van der Waals surface area (Å²) in [4.78, 5) is 0.306. The summed E-state index contributed by atoms with van der Waals surface area (Å²) in [5.74, 6) is 0.678. The molecule has 21 heavy (non-hydrogen) atoms. The van der Waals surface area contributed by atoms with Crippen molar-refractivity contribution >= 4 is 10.0 Å². The van der Waals surface area contributed by atoms with Crippen molar-refractivity contribution in [1.29, 1.82) is 0 Å². The topological polar surface area (TPSA) is 72.6 Å². The molecule has 0 spiro atoms. The standard InChI is InChI=1S/C15H24N2O3S/c1-11(2)20-14-4-6-15(7-5-14)21(18,19)17-9-8-13(16)10-12(17)3/h4-7,11-13H,8-10,16H2,1-3H3/t12-,13+/m0/s1. The lowest BCUT2D eigenvalue weighted by Gasteiger charge is -2.35. The number of rotatable bonds is 4. The molecule has 1 aromatic rings. The second kappa shape index (κ2) is 6.34. The van der Waals surface area contributed by atoms with Crippen LogP contribution in [0, 0.1) is 0 Å². The molecule has 0 aliphatic carbocycles. The molecule has 5 nitrogen and oxygen atoms in total. The molecule has 0 saturated carbocycles. The Balaban J connectivity index is 2.19. The van der Waals surface area contributed by atoms with Gasteiger partial charge in [0.1, 0.15) is 5.75 Å². The van der Waals surface area contributed by atoms with Crippen molar-refractivity contribution in [2.45, 2.75) is 56.7 Å². The molecule has 0 aromatic heterocycles. The Morgan fingerprint density at radius 1 is 1.29 bits per heavy atom. The molecule has 1 aliphatic rings. The van der Waals surface area contributed by atoms with E-state index >= 15 is 0 Å². The lowest BCUT2D eigenvalue weighted by molar-refractivity contribution is 0.242. The van der Waals surface area contributed by atoms with Gasteiger partial charge in [-0.1, -0.05) is 0 Å². The molecule has 118 valence electrons. The minimum atomic E-state index is -3.46. The Morgan fingerprint density at radius 2 is 1.90 bits per heavy atom. The molecule has 1 aliphatic heterocycles. The molecule has 0 unspecified atom stereocenters. The van der Waals surface area contributed by atoms with Gasteiger partial charge >= 0.3 is 0 Å². The van der Waals surface area contributed by atoms with E-state index in [1.165, 1.54) is 0 Å². The molecule has 1 saturated heterocycles. The third-order valence-corrected chi connectivity index (χ3v) is 5.69. The van der Waals surface area contributed by atoms with Gasteiger partial charge in [0, 0.05) is 18.6 Å². The predicted octanol–water partition coefficient (Wildman–Crippen LogP) is 1.97. The summed E-state index contributed by atoms with van der Waals surface area (Å²) < 4.78 is 32.5. The summed E-state index contributed by atoms with van der Waals surface area (Å²) in [6.07, 6.45) is 1.47. The molecule has 2 N–H and O–H groups in total. The smallest absolute Gasteiger partial charge is 0.243 e. The van der Waals surface area contributed by atoms with E-state index in [4.69, 9.17) is 10.5 Å². The number of benzene rings is 1. The lowest BCUT2D eigenvalue weighted by Crippen LogP contribution is -2.48. The van der Waals surface area contributed by atoms with Crippen molar-refractivity contribution in [1.82, 2.24) is 4.31 Å². The summed E-state index contributed by atoms with van der Waals surface area (Å²) in [6.45, 7) is 6.26. The Bertz CT molecular complexity index is 569. The molecule has 1 fully saturated rings. The van der Waals surface area contributed by atoms with Crippen molar-refractivity contribution < 1.29 is 13.2 Å². The molecule has 0 radical (unpaired) electrons. The highest BCUT2D eigenvalue weighted by molar-refractivity contribution is 7.89. The summed E-state index contributed by atoms with van der Waals surface area (Å²) in [6, 6.07) is 6.64. The molecule has 2 atom stereocenters. The van der Waals surface area contributed by atoms with Gasteiger partial charge < -0.3 is 10.5 Å². The first-order valence-corrected chi connectivity index (χ1v) is 8.79. The van der Waals surface area contributed by atoms with Gasteiger partial charge in [-0.3, -0.25) is 0 Å². The van der Waals surface area contributed by atoms with Crippen LogP contribution in [0.4, 0.5) is 0 Å². The zero-order valence-corrected chi connectivity index (χ0v) is 13.6. The third kappa shape index (κ3) is 3.75. The van der Waals surface area contributed by atoms with Crippen molar-refractivity contribution in [3.8, 4) is 5.75 Å². The molecule has 1 heterocycles. The summed E-state index contributed by atoms with van der Waals surface area (Å²) in [5, 5.41) is 0. The van der Waals surface area contributed by atoms with E-state index in [9.17, 15) is 8.42 Å². The molecule has 2 rings (SSSR count). The molecule has 0 amide bonds. The fraction of sp³-hybridized carbons (Fsp3) is 0.600. The molecular weight excluding hydrogens is 288 g/mol. The molecule has 6 heteroatoms. The van der Waals surface area contributed by atoms with Crippen molar-refractivity contribution in [2.75, 3.05) is 6.54 Å². The Labute approximate surface area is 127 Å². The second-order valence-corrected chi connectivity index (χ2v) is 7.78. The van der Waals surface area contributed by atoms with Crippen molar-refractivity contribution in [3.63, 3.8) is 0 Å². The quantitative estimate of drug-likeness (QED) is 0.922. The zero-order valence-electron chi connectivity index (χ0n) is 12.8. The highest BCUT2D eigenvalue weighted by Crippen LogP contribution is 2.26. The van der Waals surface area contributed by atoms with Crippen LogP contribution in [0.3, 0.4) is 0 Å². The van der Waals surface area contributed by atoms with E-state index in [0.29, 0.717) is 30.0 Å². The SMILES string of the molecule is CC(C)Oc1ccc(S(=O)(=O)N2CC[C@@H](N)C[C@@H]2C)cc1. The Kier molecular flexibility index (Phi) is 4.91. The van der Waals surface area contributed by atoms with Crippen LogP contribution in [0.25, 0.3) is 0 Å². The third-order valence-electron chi connectivity index (χ3n) is 3.66. The minimum absolute atomic E-state index is 0.0645. The van der Waals surface area contributed by atoms with Crippen LogP contribution in [-0.2, 0) is 10.0 Å². The van der Waals surface area contributed by atoms with Gasteiger partial charge in [0.25, 0.3) is 0 Å². The predicted molar refractivity (Wildman–Crippen MR) is 82.8 cm³/mol. The first-order chi connectivity index (χ1) is 9.80. The van der Waals surface area contributed by atoms with Gasteiger partial charge in [0.2, 0.25) is 10.0 Å². The fourth-order valence-electron chi connectivity index (χ4n) is 2.64. The number of nitrogens with two attached hydrogens (primary N) is 1. The summed E-state index contributed by atoms with van der Waals surface area (Å²) in [5.41, 5.74) is 5.90. The van der Waals surface area contributed by atoms with Gasteiger partial charge in [0.05, 0.1) is 11.0 Å². The van der Waals surface area contributed by atoms with Gasteiger partial charge in [-0.15, -0.1) is 0 Å². The van der Waals surface area contributed by atoms with Crippen LogP contribution in [0.1, 0.15) is 33.6 Å². The Hall–Kier alpha value is -1.11. The number of nitrogens with zero attached hydrogens (tertiary/aromatic N) is 1. The van der Waals surface area contributed by atoms with Crippen molar-refractivity contribution in [2.24, 2.45) is 5.73 Å². The van der Waals surface area contributed by atoms with E-state index in [2.05, 4.69) is 0 Å². The molecular formula is C15H24N2O3S. The highest BCUT2D eigenvalue weighted by atomic mass is 32.2. The molecule has 1 aromatic carbocycles.